The smallest absolute Gasteiger partial charge is 0.267 e. The maximum absolute atomic E-state index is 11.5. The number of rotatable bonds is 0. The molecular weight excluding hydrogens is 232 g/mol. The standard InChI is InChI=1S/C9H13BrN2O/c1-9(2,3)8-11-5-6(10)7(13)12(8)4/h5H,1-4H3. The molecule has 0 saturated heterocycles. The van der Waals surface area contributed by atoms with Crippen LogP contribution in [-0.4, -0.2) is 9.55 Å². The zero-order chi connectivity index (χ0) is 10.2. The van der Waals surface area contributed by atoms with Crippen molar-refractivity contribution in [2.45, 2.75) is 26.2 Å². The molecule has 0 N–H and O–H groups in total. The summed E-state index contributed by atoms with van der Waals surface area (Å²) in [6.45, 7) is 6.09. The molecule has 4 heteroatoms. The number of aromatic nitrogens is 2. The molecule has 0 aliphatic carbocycles. The van der Waals surface area contributed by atoms with E-state index in [-0.39, 0.29) is 11.0 Å². The first-order valence-corrected chi connectivity index (χ1v) is 4.85. The van der Waals surface area contributed by atoms with Crippen LogP contribution >= 0.6 is 15.9 Å². The zero-order valence-electron chi connectivity index (χ0n) is 8.26. The van der Waals surface area contributed by atoms with E-state index in [0.717, 1.165) is 5.82 Å². The summed E-state index contributed by atoms with van der Waals surface area (Å²) in [5.41, 5.74) is -0.144. The van der Waals surface area contributed by atoms with Crippen molar-refractivity contribution < 1.29 is 0 Å². The van der Waals surface area contributed by atoms with Crippen LogP contribution in [0.25, 0.3) is 0 Å². The fraction of sp³-hybridized carbons (Fsp3) is 0.556. The first-order valence-electron chi connectivity index (χ1n) is 4.06. The van der Waals surface area contributed by atoms with E-state index < -0.39 is 0 Å². The van der Waals surface area contributed by atoms with Crippen LogP contribution in [0.1, 0.15) is 26.6 Å². The monoisotopic (exact) mass is 244 g/mol. The first kappa shape index (κ1) is 10.4. The number of nitrogens with zero attached hydrogens (tertiary/aromatic N) is 2. The van der Waals surface area contributed by atoms with Crippen LogP contribution < -0.4 is 5.56 Å². The van der Waals surface area contributed by atoms with Crippen LogP contribution in [0, 0.1) is 0 Å². The van der Waals surface area contributed by atoms with E-state index in [2.05, 4.69) is 20.9 Å². The molecule has 0 aliphatic rings. The van der Waals surface area contributed by atoms with E-state index >= 15 is 0 Å². The minimum atomic E-state index is -0.103. The minimum absolute atomic E-state index is 0.0417. The molecule has 72 valence electrons. The Bertz CT molecular complexity index is 376. The molecule has 1 aromatic rings. The van der Waals surface area contributed by atoms with Crippen molar-refractivity contribution in [3.8, 4) is 0 Å². The quantitative estimate of drug-likeness (QED) is 0.699. The maximum Gasteiger partial charge on any atom is 0.267 e. The molecule has 0 fully saturated rings. The second-order valence-electron chi connectivity index (χ2n) is 4.04. The Morgan fingerprint density at radius 2 is 2.00 bits per heavy atom. The molecule has 0 spiro atoms. The van der Waals surface area contributed by atoms with Gasteiger partial charge in [0.1, 0.15) is 10.3 Å². The Balaban J connectivity index is 3.44. The van der Waals surface area contributed by atoms with Crippen molar-refractivity contribution in [2.75, 3.05) is 0 Å². The van der Waals surface area contributed by atoms with Crippen LogP contribution in [0.2, 0.25) is 0 Å². The van der Waals surface area contributed by atoms with Crippen molar-refractivity contribution in [1.29, 1.82) is 0 Å². The van der Waals surface area contributed by atoms with Crippen LogP contribution in [0.3, 0.4) is 0 Å². The average Bonchev–Trinajstić information content (AvgIpc) is 1.98. The average molecular weight is 245 g/mol. The van der Waals surface area contributed by atoms with Gasteiger partial charge in [0, 0.05) is 18.7 Å². The molecule has 0 atom stereocenters. The van der Waals surface area contributed by atoms with Gasteiger partial charge in [-0.2, -0.15) is 0 Å². The lowest BCUT2D eigenvalue weighted by Gasteiger charge is -2.20. The molecule has 0 aromatic carbocycles. The van der Waals surface area contributed by atoms with Crippen molar-refractivity contribution in [2.24, 2.45) is 7.05 Å². The van der Waals surface area contributed by atoms with Crippen molar-refractivity contribution in [3.05, 3.63) is 26.8 Å². The Kier molecular flexibility index (Phi) is 2.61. The van der Waals surface area contributed by atoms with Gasteiger partial charge >= 0.3 is 0 Å². The van der Waals surface area contributed by atoms with Gasteiger partial charge in [-0.1, -0.05) is 20.8 Å². The summed E-state index contributed by atoms with van der Waals surface area (Å²) in [4.78, 5) is 15.7. The Hall–Kier alpha value is -0.640. The predicted molar refractivity (Wildman–Crippen MR) is 55.9 cm³/mol. The SMILES string of the molecule is Cn1c(C(C)(C)C)ncc(Br)c1=O. The highest BCUT2D eigenvalue weighted by molar-refractivity contribution is 9.10. The van der Waals surface area contributed by atoms with Crippen LogP contribution in [0.15, 0.2) is 15.5 Å². The second kappa shape index (κ2) is 3.25. The van der Waals surface area contributed by atoms with Crippen molar-refractivity contribution >= 4 is 15.9 Å². The molecule has 3 nitrogen and oxygen atoms in total. The van der Waals surface area contributed by atoms with E-state index in [1.54, 1.807) is 17.8 Å². The molecule has 1 heterocycles. The number of halogens is 1. The van der Waals surface area contributed by atoms with Crippen LogP contribution in [-0.2, 0) is 12.5 Å². The molecule has 0 bridgehead atoms. The largest absolute Gasteiger partial charge is 0.298 e. The van der Waals surface area contributed by atoms with Gasteiger partial charge in [-0.15, -0.1) is 0 Å². The normalized spacial score (nSPS) is 11.8. The summed E-state index contributed by atoms with van der Waals surface area (Å²) >= 11 is 3.15. The Labute approximate surface area is 85.9 Å². The predicted octanol–water partition coefficient (Wildman–Crippen LogP) is 1.84. The summed E-state index contributed by atoms with van der Waals surface area (Å²) in [7, 11) is 1.74. The Morgan fingerprint density at radius 1 is 1.46 bits per heavy atom. The maximum atomic E-state index is 11.5. The minimum Gasteiger partial charge on any atom is -0.298 e. The summed E-state index contributed by atoms with van der Waals surface area (Å²) in [6.07, 6.45) is 1.56. The molecule has 0 saturated carbocycles. The van der Waals surface area contributed by atoms with E-state index in [1.807, 2.05) is 20.8 Å². The van der Waals surface area contributed by atoms with Gasteiger partial charge in [0.15, 0.2) is 0 Å². The Morgan fingerprint density at radius 3 is 2.46 bits per heavy atom. The summed E-state index contributed by atoms with van der Waals surface area (Å²) in [5, 5.41) is 0. The number of hydrogen-bond donors (Lipinski definition) is 0. The van der Waals surface area contributed by atoms with Gasteiger partial charge < -0.3 is 0 Å². The fourth-order valence-electron chi connectivity index (χ4n) is 1.21. The fourth-order valence-corrected chi connectivity index (χ4v) is 1.58. The van der Waals surface area contributed by atoms with Gasteiger partial charge in [0.05, 0.1) is 0 Å². The zero-order valence-corrected chi connectivity index (χ0v) is 9.84. The van der Waals surface area contributed by atoms with E-state index in [9.17, 15) is 4.79 Å². The van der Waals surface area contributed by atoms with Crippen LogP contribution in [0.4, 0.5) is 0 Å². The van der Waals surface area contributed by atoms with Gasteiger partial charge in [-0.25, -0.2) is 4.98 Å². The third-order valence-electron chi connectivity index (χ3n) is 1.80. The molecule has 0 radical (unpaired) electrons. The van der Waals surface area contributed by atoms with Crippen molar-refractivity contribution in [1.82, 2.24) is 9.55 Å². The lowest BCUT2D eigenvalue weighted by atomic mass is 9.95. The highest BCUT2D eigenvalue weighted by Gasteiger charge is 2.19. The highest BCUT2D eigenvalue weighted by atomic mass is 79.9. The molecular formula is C9H13BrN2O. The summed E-state index contributed by atoms with van der Waals surface area (Å²) < 4.78 is 2.08. The number of hydrogen-bond acceptors (Lipinski definition) is 2. The lowest BCUT2D eigenvalue weighted by Crippen LogP contribution is -2.29. The lowest BCUT2D eigenvalue weighted by molar-refractivity contribution is 0.504. The molecule has 0 amide bonds. The van der Waals surface area contributed by atoms with Gasteiger partial charge in [-0.05, 0) is 15.9 Å². The summed E-state index contributed by atoms with van der Waals surface area (Å²) in [6, 6.07) is 0. The van der Waals surface area contributed by atoms with E-state index in [1.165, 1.54) is 0 Å². The third-order valence-corrected chi connectivity index (χ3v) is 2.34. The topological polar surface area (TPSA) is 34.9 Å². The molecule has 0 unspecified atom stereocenters. The highest BCUT2D eigenvalue weighted by Crippen LogP contribution is 2.18. The second-order valence-corrected chi connectivity index (χ2v) is 4.90. The van der Waals surface area contributed by atoms with Crippen LogP contribution in [0.5, 0.6) is 0 Å². The van der Waals surface area contributed by atoms with Gasteiger partial charge in [0.25, 0.3) is 5.56 Å². The van der Waals surface area contributed by atoms with Gasteiger partial charge in [0.2, 0.25) is 0 Å². The molecule has 1 rings (SSSR count). The molecule has 1 aromatic heterocycles. The third kappa shape index (κ3) is 1.99. The summed E-state index contributed by atoms with van der Waals surface area (Å²) in [5.74, 6) is 0.792. The molecule has 0 aliphatic heterocycles. The van der Waals surface area contributed by atoms with Gasteiger partial charge in [-0.3, -0.25) is 9.36 Å². The van der Waals surface area contributed by atoms with Crippen molar-refractivity contribution in [3.63, 3.8) is 0 Å². The van der Waals surface area contributed by atoms with E-state index in [0.29, 0.717) is 4.47 Å². The molecule has 13 heavy (non-hydrogen) atoms. The van der Waals surface area contributed by atoms with E-state index in [4.69, 9.17) is 0 Å². The first-order chi connectivity index (χ1) is 5.84.